The van der Waals surface area contributed by atoms with Crippen molar-refractivity contribution < 1.29 is 14.3 Å². The van der Waals surface area contributed by atoms with E-state index in [4.69, 9.17) is 4.74 Å². The Hall–Kier alpha value is -2.62. The van der Waals surface area contributed by atoms with Gasteiger partial charge in [0.15, 0.2) is 0 Å². The van der Waals surface area contributed by atoms with E-state index >= 15 is 0 Å². The van der Waals surface area contributed by atoms with Gasteiger partial charge in [0.2, 0.25) is 5.91 Å². The van der Waals surface area contributed by atoms with E-state index in [0.29, 0.717) is 17.9 Å². The molecule has 0 saturated heterocycles. The zero-order valence-corrected chi connectivity index (χ0v) is 13.0. The molecule has 1 aliphatic rings. The first-order valence-electron chi connectivity index (χ1n) is 7.80. The molecule has 0 bridgehead atoms. The zero-order valence-electron chi connectivity index (χ0n) is 13.0. The number of rotatable bonds is 5. The minimum atomic E-state index is -0.402. The zero-order chi connectivity index (χ0) is 16.3. The van der Waals surface area contributed by atoms with E-state index in [2.05, 4.69) is 5.32 Å². The summed E-state index contributed by atoms with van der Waals surface area (Å²) in [5.41, 5.74) is 1.82. The Balaban J connectivity index is 1.70. The van der Waals surface area contributed by atoms with Crippen molar-refractivity contribution >= 4 is 17.6 Å². The van der Waals surface area contributed by atoms with Crippen LogP contribution in [0.3, 0.4) is 0 Å². The number of ether oxygens (including phenoxy) is 1. The molecule has 1 fully saturated rings. The van der Waals surface area contributed by atoms with E-state index < -0.39 is 5.41 Å². The van der Waals surface area contributed by atoms with E-state index in [1.807, 2.05) is 30.3 Å². The fourth-order valence-corrected chi connectivity index (χ4v) is 2.68. The van der Waals surface area contributed by atoms with Crippen LogP contribution in [0, 0.1) is 0 Å². The van der Waals surface area contributed by atoms with Crippen molar-refractivity contribution in [1.82, 2.24) is 0 Å². The Morgan fingerprint density at radius 1 is 1.04 bits per heavy atom. The normalized spacial score (nSPS) is 14.8. The fourth-order valence-electron chi connectivity index (χ4n) is 2.68. The molecule has 1 amide bonds. The molecule has 0 heterocycles. The highest BCUT2D eigenvalue weighted by Gasteiger charge is 2.51. The topological polar surface area (TPSA) is 55.4 Å². The number of esters is 1. The summed E-state index contributed by atoms with van der Waals surface area (Å²) >= 11 is 0. The van der Waals surface area contributed by atoms with Crippen LogP contribution < -0.4 is 5.32 Å². The first kappa shape index (κ1) is 15.3. The van der Waals surface area contributed by atoms with E-state index in [-0.39, 0.29) is 11.9 Å². The van der Waals surface area contributed by atoms with Crippen LogP contribution in [-0.4, -0.2) is 18.5 Å². The van der Waals surface area contributed by atoms with Gasteiger partial charge in [0, 0.05) is 5.69 Å². The largest absolute Gasteiger partial charge is 0.462 e. The predicted molar refractivity (Wildman–Crippen MR) is 88.4 cm³/mol. The van der Waals surface area contributed by atoms with Crippen LogP contribution in [0.1, 0.15) is 35.7 Å². The molecule has 0 atom stereocenters. The van der Waals surface area contributed by atoms with Crippen LogP contribution in [0.25, 0.3) is 0 Å². The predicted octanol–water partition coefficient (Wildman–Crippen LogP) is 3.53. The highest BCUT2D eigenvalue weighted by atomic mass is 16.5. The van der Waals surface area contributed by atoms with Gasteiger partial charge in [0.25, 0.3) is 0 Å². The number of carbonyl (C=O) groups is 2. The summed E-state index contributed by atoms with van der Waals surface area (Å²) in [7, 11) is 0. The van der Waals surface area contributed by atoms with Crippen LogP contribution in [0.2, 0.25) is 0 Å². The number of anilines is 1. The molecular formula is C19H19NO3. The lowest BCUT2D eigenvalue weighted by atomic mass is 9.95. The second kappa shape index (κ2) is 6.24. The van der Waals surface area contributed by atoms with Crippen LogP contribution in [0.5, 0.6) is 0 Å². The first-order valence-corrected chi connectivity index (χ1v) is 7.80. The Bertz CT molecular complexity index is 703. The monoisotopic (exact) mass is 309 g/mol. The van der Waals surface area contributed by atoms with Gasteiger partial charge in [-0.15, -0.1) is 0 Å². The average Bonchev–Trinajstić information content (AvgIpc) is 3.38. The molecule has 0 radical (unpaired) electrons. The molecule has 118 valence electrons. The fraction of sp³-hybridized carbons (Fsp3) is 0.263. The molecule has 4 heteroatoms. The minimum Gasteiger partial charge on any atom is -0.462 e. The molecule has 1 saturated carbocycles. The number of carbonyl (C=O) groups excluding carboxylic acids is 2. The van der Waals surface area contributed by atoms with Gasteiger partial charge in [-0.3, -0.25) is 4.79 Å². The SMILES string of the molecule is CCOC(=O)c1ccc(NC(=O)C2(c3ccccc3)CC2)cc1. The summed E-state index contributed by atoms with van der Waals surface area (Å²) in [5.74, 6) is -0.346. The lowest BCUT2D eigenvalue weighted by Gasteiger charge is -2.16. The molecule has 1 N–H and O–H groups in total. The maximum absolute atomic E-state index is 12.6. The molecular weight excluding hydrogens is 290 g/mol. The maximum atomic E-state index is 12.6. The molecule has 0 unspecified atom stereocenters. The van der Waals surface area contributed by atoms with Crippen LogP contribution >= 0.6 is 0 Å². The smallest absolute Gasteiger partial charge is 0.338 e. The van der Waals surface area contributed by atoms with Gasteiger partial charge in [0.05, 0.1) is 17.6 Å². The molecule has 1 aliphatic carbocycles. The average molecular weight is 309 g/mol. The summed E-state index contributed by atoms with van der Waals surface area (Å²) < 4.78 is 4.94. The molecule has 2 aromatic rings. The van der Waals surface area contributed by atoms with Gasteiger partial charge in [-0.2, -0.15) is 0 Å². The summed E-state index contributed by atoms with van der Waals surface area (Å²) in [6, 6.07) is 16.6. The molecule has 0 aliphatic heterocycles. The quantitative estimate of drug-likeness (QED) is 0.860. The summed E-state index contributed by atoms with van der Waals surface area (Å²) in [5, 5.41) is 2.95. The molecule has 3 rings (SSSR count). The second-order valence-corrected chi connectivity index (χ2v) is 5.70. The Labute approximate surface area is 135 Å². The van der Waals surface area contributed by atoms with E-state index in [9.17, 15) is 9.59 Å². The van der Waals surface area contributed by atoms with Crippen molar-refractivity contribution in [3.63, 3.8) is 0 Å². The maximum Gasteiger partial charge on any atom is 0.338 e. The van der Waals surface area contributed by atoms with Gasteiger partial charge in [0.1, 0.15) is 0 Å². The number of amides is 1. The summed E-state index contributed by atoms with van der Waals surface area (Å²) in [4.78, 5) is 24.2. The van der Waals surface area contributed by atoms with Crippen molar-refractivity contribution in [2.45, 2.75) is 25.2 Å². The Kier molecular flexibility index (Phi) is 4.15. The minimum absolute atomic E-state index is 0.00702. The first-order chi connectivity index (χ1) is 11.2. The highest BCUT2D eigenvalue weighted by Crippen LogP contribution is 2.48. The van der Waals surface area contributed by atoms with Gasteiger partial charge in [-0.25, -0.2) is 4.79 Å². The summed E-state index contributed by atoms with van der Waals surface area (Å²) in [6.07, 6.45) is 1.73. The number of hydrogen-bond donors (Lipinski definition) is 1. The van der Waals surface area contributed by atoms with Gasteiger partial charge < -0.3 is 10.1 Å². The third-order valence-corrected chi connectivity index (χ3v) is 4.16. The van der Waals surface area contributed by atoms with E-state index in [1.54, 1.807) is 31.2 Å². The molecule has 4 nitrogen and oxygen atoms in total. The van der Waals surface area contributed by atoms with Crippen molar-refractivity contribution in [3.8, 4) is 0 Å². The standard InChI is InChI=1S/C19H19NO3/c1-2-23-17(21)14-8-10-16(11-9-14)20-18(22)19(12-13-19)15-6-4-3-5-7-15/h3-11H,2,12-13H2,1H3,(H,20,22). The van der Waals surface area contributed by atoms with Crippen molar-refractivity contribution in [2.75, 3.05) is 11.9 Å². The van der Waals surface area contributed by atoms with E-state index in [0.717, 1.165) is 18.4 Å². The third kappa shape index (κ3) is 3.11. The molecule has 23 heavy (non-hydrogen) atoms. The van der Waals surface area contributed by atoms with Crippen molar-refractivity contribution in [2.24, 2.45) is 0 Å². The third-order valence-electron chi connectivity index (χ3n) is 4.16. The van der Waals surface area contributed by atoms with Crippen LogP contribution in [-0.2, 0) is 14.9 Å². The second-order valence-electron chi connectivity index (χ2n) is 5.70. The van der Waals surface area contributed by atoms with Crippen LogP contribution in [0.15, 0.2) is 54.6 Å². The number of nitrogens with one attached hydrogen (secondary N) is 1. The molecule has 0 aromatic heterocycles. The van der Waals surface area contributed by atoms with Crippen molar-refractivity contribution in [1.29, 1.82) is 0 Å². The van der Waals surface area contributed by atoms with E-state index in [1.165, 1.54) is 0 Å². The number of benzene rings is 2. The van der Waals surface area contributed by atoms with Gasteiger partial charge >= 0.3 is 5.97 Å². The van der Waals surface area contributed by atoms with Crippen LogP contribution in [0.4, 0.5) is 5.69 Å². The van der Waals surface area contributed by atoms with Crippen molar-refractivity contribution in [3.05, 3.63) is 65.7 Å². The lowest BCUT2D eigenvalue weighted by molar-refractivity contribution is -0.118. The number of hydrogen-bond acceptors (Lipinski definition) is 3. The van der Waals surface area contributed by atoms with Gasteiger partial charge in [-0.05, 0) is 49.6 Å². The molecule has 0 spiro atoms. The molecule has 2 aromatic carbocycles. The lowest BCUT2D eigenvalue weighted by Crippen LogP contribution is -2.27. The Morgan fingerprint density at radius 2 is 1.70 bits per heavy atom. The Morgan fingerprint density at radius 3 is 2.26 bits per heavy atom. The summed E-state index contributed by atoms with van der Waals surface area (Å²) in [6.45, 7) is 2.11. The van der Waals surface area contributed by atoms with Gasteiger partial charge in [-0.1, -0.05) is 30.3 Å². The highest BCUT2D eigenvalue weighted by molar-refractivity contribution is 6.01.